The van der Waals surface area contributed by atoms with E-state index in [0.717, 1.165) is 54.6 Å². The highest BCUT2D eigenvalue weighted by molar-refractivity contribution is 5.85. The third-order valence-electron chi connectivity index (χ3n) is 9.29. The number of ether oxygens (including phenoxy) is 1. The van der Waals surface area contributed by atoms with Crippen molar-refractivity contribution in [2.24, 2.45) is 5.92 Å². The van der Waals surface area contributed by atoms with E-state index >= 15 is 0 Å². The lowest BCUT2D eigenvalue weighted by Gasteiger charge is -2.38. The Bertz CT molecular complexity index is 1640. The van der Waals surface area contributed by atoms with Gasteiger partial charge in [0.15, 0.2) is 5.60 Å². The molecule has 12 nitrogen and oxygen atoms in total. The maximum Gasteiger partial charge on any atom is 0.407 e. The van der Waals surface area contributed by atoms with Crippen molar-refractivity contribution in [3.63, 3.8) is 0 Å². The fraction of sp³-hybridized carbons (Fsp3) is 0.457. The third-order valence-corrected chi connectivity index (χ3v) is 9.29. The van der Waals surface area contributed by atoms with E-state index in [1.807, 2.05) is 17.2 Å². The Morgan fingerprint density at radius 2 is 1.74 bits per heavy atom. The minimum Gasteiger partial charge on any atom is -0.478 e. The van der Waals surface area contributed by atoms with Crippen LogP contribution in [0.3, 0.4) is 0 Å². The number of benzene rings is 2. The van der Waals surface area contributed by atoms with Crippen molar-refractivity contribution in [3.8, 4) is 22.9 Å². The van der Waals surface area contributed by atoms with Crippen molar-refractivity contribution in [2.75, 3.05) is 44.2 Å². The summed E-state index contributed by atoms with van der Waals surface area (Å²) in [5.74, 6) is 0.144. The Morgan fingerprint density at radius 1 is 1.02 bits per heavy atom. The second-order valence-corrected chi connectivity index (χ2v) is 13.2. The van der Waals surface area contributed by atoms with Crippen molar-refractivity contribution >= 4 is 23.6 Å². The highest BCUT2D eigenvalue weighted by Gasteiger charge is 2.39. The molecule has 3 amide bonds. The minimum atomic E-state index is -1.24. The molecule has 1 atom stereocenters. The lowest BCUT2D eigenvalue weighted by atomic mass is 9.95. The molecular weight excluding hydrogens is 598 g/mol. The maximum atomic E-state index is 14.0. The van der Waals surface area contributed by atoms with Crippen LogP contribution in [0.25, 0.3) is 11.1 Å². The maximum absolute atomic E-state index is 14.0. The van der Waals surface area contributed by atoms with Crippen LogP contribution in [-0.4, -0.2) is 98.8 Å². The van der Waals surface area contributed by atoms with E-state index in [2.05, 4.69) is 45.4 Å². The average molecular weight is 640 g/mol. The van der Waals surface area contributed by atoms with Gasteiger partial charge in [-0.2, -0.15) is 10.4 Å². The number of carboxylic acid groups (broad SMARTS) is 1. The highest BCUT2D eigenvalue weighted by Crippen LogP contribution is 2.34. The van der Waals surface area contributed by atoms with E-state index in [0.29, 0.717) is 37.5 Å². The number of aromatic amines is 1. The zero-order valence-electron chi connectivity index (χ0n) is 26.9. The van der Waals surface area contributed by atoms with Gasteiger partial charge >= 0.3 is 6.09 Å². The zero-order chi connectivity index (χ0) is 33.1. The number of piperidine rings is 1. The van der Waals surface area contributed by atoms with Crippen LogP contribution in [-0.2, 0) is 16.1 Å². The van der Waals surface area contributed by atoms with Crippen LogP contribution in [0.4, 0.5) is 10.5 Å². The molecule has 2 aromatic carbocycles. The molecule has 2 N–H and O–H groups in total. The van der Waals surface area contributed by atoms with E-state index < -0.39 is 11.7 Å². The fourth-order valence-electron chi connectivity index (χ4n) is 6.54. The molecule has 3 aliphatic rings. The van der Waals surface area contributed by atoms with E-state index in [4.69, 9.17) is 4.74 Å². The summed E-state index contributed by atoms with van der Waals surface area (Å²) in [6, 6.07) is 16.0. The predicted molar refractivity (Wildman–Crippen MR) is 175 cm³/mol. The van der Waals surface area contributed by atoms with Crippen LogP contribution in [0, 0.1) is 17.2 Å². The molecule has 0 spiro atoms. The van der Waals surface area contributed by atoms with Crippen molar-refractivity contribution in [1.29, 1.82) is 5.26 Å². The van der Waals surface area contributed by atoms with Gasteiger partial charge in [0.1, 0.15) is 5.75 Å². The SMILES string of the molecule is CC(C)(Oc1cc(C#N)cc(N2CCC[C@@H](C(=O)N(Cc3ccc(-c4cn[nH]c4)cc3)C3CC3)C2)c1)C(=O)N1CCN(C(=O)O)CC1. The van der Waals surface area contributed by atoms with Crippen molar-refractivity contribution in [2.45, 2.75) is 57.7 Å². The summed E-state index contributed by atoms with van der Waals surface area (Å²) in [7, 11) is 0. The van der Waals surface area contributed by atoms with Crippen LogP contribution in [0.15, 0.2) is 54.9 Å². The number of nitrogens with zero attached hydrogens (tertiary/aromatic N) is 6. The molecular formula is C35H41N7O5. The van der Waals surface area contributed by atoms with E-state index in [9.17, 15) is 24.8 Å². The molecule has 2 aliphatic heterocycles. The molecule has 1 saturated carbocycles. The van der Waals surface area contributed by atoms with Crippen LogP contribution >= 0.6 is 0 Å². The molecule has 1 aliphatic carbocycles. The summed E-state index contributed by atoms with van der Waals surface area (Å²) in [5, 5.41) is 26.0. The number of anilines is 1. The number of carbonyl (C=O) groups is 3. The number of amides is 3. The molecule has 0 bridgehead atoms. The molecule has 0 unspecified atom stereocenters. The first-order chi connectivity index (χ1) is 22.6. The Balaban J connectivity index is 1.13. The van der Waals surface area contributed by atoms with Gasteiger partial charge in [-0.25, -0.2) is 4.79 Å². The average Bonchev–Trinajstić information content (AvgIpc) is 3.78. The Kier molecular flexibility index (Phi) is 9.07. The quantitative estimate of drug-likeness (QED) is 0.352. The van der Waals surface area contributed by atoms with E-state index in [1.165, 1.54) is 4.90 Å². The number of H-pyrrole nitrogens is 1. The molecule has 12 heteroatoms. The predicted octanol–water partition coefficient (Wildman–Crippen LogP) is 4.34. The second-order valence-electron chi connectivity index (χ2n) is 13.2. The molecule has 1 aromatic heterocycles. The third kappa shape index (κ3) is 7.35. The number of hydrogen-bond acceptors (Lipinski definition) is 7. The lowest BCUT2D eigenvalue weighted by Crippen LogP contribution is -2.56. The minimum absolute atomic E-state index is 0.166. The van der Waals surface area contributed by atoms with Crippen LogP contribution in [0.1, 0.15) is 50.7 Å². The first-order valence-electron chi connectivity index (χ1n) is 16.3. The fourth-order valence-corrected chi connectivity index (χ4v) is 6.54. The largest absolute Gasteiger partial charge is 0.478 e. The molecule has 6 rings (SSSR count). The van der Waals surface area contributed by atoms with Gasteiger partial charge in [-0.15, -0.1) is 0 Å². The molecule has 2 saturated heterocycles. The molecule has 0 radical (unpaired) electrons. The molecule has 47 heavy (non-hydrogen) atoms. The topological polar surface area (TPSA) is 146 Å². The van der Waals surface area contributed by atoms with Gasteiger partial charge in [-0.1, -0.05) is 24.3 Å². The van der Waals surface area contributed by atoms with E-state index in [1.54, 1.807) is 37.1 Å². The van der Waals surface area contributed by atoms with Gasteiger partial charge < -0.3 is 29.4 Å². The van der Waals surface area contributed by atoms with Crippen molar-refractivity contribution in [3.05, 3.63) is 66.0 Å². The summed E-state index contributed by atoms with van der Waals surface area (Å²) in [6.07, 6.45) is 6.34. The number of piperazine rings is 1. The van der Waals surface area contributed by atoms with Gasteiger partial charge in [0, 0.05) is 75.4 Å². The first-order valence-corrected chi connectivity index (χ1v) is 16.3. The van der Waals surface area contributed by atoms with Gasteiger partial charge in [-0.05, 0) is 62.8 Å². The smallest absolute Gasteiger partial charge is 0.407 e. The Morgan fingerprint density at radius 3 is 2.38 bits per heavy atom. The van der Waals surface area contributed by atoms with Gasteiger partial charge in [0.25, 0.3) is 5.91 Å². The van der Waals surface area contributed by atoms with Crippen molar-refractivity contribution in [1.82, 2.24) is 24.9 Å². The highest BCUT2D eigenvalue weighted by atomic mass is 16.5. The van der Waals surface area contributed by atoms with Crippen molar-refractivity contribution < 1.29 is 24.2 Å². The number of rotatable bonds is 9. The number of carbonyl (C=O) groups excluding carboxylic acids is 2. The summed E-state index contributed by atoms with van der Waals surface area (Å²) < 4.78 is 6.24. The standard InChI is InChI=1S/C35H41N7O5/c1-35(2,33(44)39-12-14-40(15-13-39)34(45)46)47-31-17-25(19-36)16-30(18-31)41-11-3-4-27(23-41)32(43)42(29-9-10-29)22-24-5-7-26(8-6-24)28-20-37-38-21-28/h5-8,16-18,20-21,27,29H,3-4,9-15,22-23H2,1-2H3,(H,37,38)(H,45,46)/t27-/m1/s1. The number of aromatic nitrogens is 2. The first kappa shape index (κ1) is 31.9. The van der Waals surface area contributed by atoms with E-state index in [-0.39, 0.29) is 36.9 Å². The summed E-state index contributed by atoms with van der Waals surface area (Å²) in [5.41, 5.74) is 3.14. The monoisotopic (exact) mass is 639 g/mol. The number of nitrogens with one attached hydrogen (secondary N) is 1. The number of hydrogen-bond donors (Lipinski definition) is 2. The lowest BCUT2D eigenvalue weighted by molar-refractivity contribution is -0.147. The second kappa shape index (κ2) is 13.4. The Hall–Kier alpha value is -5.05. The van der Waals surface area contributed by atoms with Crippen LogP contribution in [0.5, 0.6) is 5.75 Å². The molecule has 3 aromatic rings. The van der Waals surface area contributed by atoms with Gasteiger partial charge in [0.2, 0.25) is 5.91 Å². The normalized spacial score (nSPS) is 18.4. The van der Waals surface area contributed by atoms with Crippen LogP contribution < -0.4 is 9.64 Å². The number of nitriles is 1. The summed E-state index contributed by atoms with van der Waals surface area (Å²) in [4.78, 5) is 45.8. The molecule has 246 valence electrons. The zero-order valence-corrected chi connectivity index (χ0v) is 26.9. The van der Waals surface area contributed by atoms with Crippen LogP contribution in [0.2, 0.25) is 0 Å². The molecule has 3 heterocycles. The summed E-state index contributed by atoms with van der Waals surface area (Å²) >= 11 is 0. The van der Waals surface area contributed by atoms with Gasteiger partial charge in [0.05, 0.1) is 23.7 Å². The van der Waals surface area contributed by atoms with Gasteiger partial charge in [-0.3, -0.25) is 14.7 Å². The molecule has 3 fully saturated rings. The summed E-state index contributed by atoms with van der Waals surface area (Å²) in [6.45, 7) is 6.29. The Labute approximate surface area is 274 Å².